The van der Waals surface area contributed by atoms with Gasteiger partial charge < -0.3 is 20.3 Å². The number of esters is 1. The molecule has 1 atom stereocenters. The summed E-state index contributed by atoms with van der Waals surface area (Å²) in [7, 11) is 0. The van der Waals surface area contributed by atoms with Crippen LogP contribution in [0.25, 0.3) is 0 Å². The lowest BCUT2D eigenvalue weighted by molar-refractivity contribution is -0.145. The van der Waals surface area contributed by atoms with Crippen LogP contribution in [0.2, 0.25) is 5.02 Å². The number of nitrogens with zero attached hydrogens (tertiary/aromatic N) is 1. The molecule has 0 aromatic heterocycles. The van der Waals surface area contributed by atoms with Crippen molar-refractivity contribution in [2.75, 3.05) is 29.9 Å². The lowest BCUT2D eigenvalue weighted by atomic mass is 10.00. The number of fused-ring (bicyclic) bond motifs is 1. The Balaban J connectivity index is 0.00000363. The Kier molecular flexibility index (Phi) is 9.35. The highest BCUT2D eigenvalue weighted by molar-refractivity contribution is 6.33. The number of carbonyl (C=O) groups excluding carboxylic acids is 3. The summed E-state index contributed by atoms with van der Waals surface area (Å²) in [6, 6.07) is 11.6. The quantitative estimate of drug-likeness (QED) is 0.561. The molecule has 2 N–H and O–H groups in total. The summed E-state index contributed by atoms with van der Waals surface area (Å²) in [5.74, 6) is -0.920. The van der Waals surface area contributed by atoms with E-state index < -0.39 is 17.9 Å². The first-order valence-corrected chi connectivity index (χ1v) is 10.7. The summed E-state index contributed by atoms with van der Waals surface area (Å²) < 4.78 is 5.39. The molecule has 172 valence electrons. The zero-order chi connectivity index (χ0) is 22.4. The molecule has 1 heterocycles. The van der Waals surface area contributed by atoms with E-state index in [1.807, 2.05) is 25.1 Å². The van der Waals surface area contributed by atoms with Gasteiger partial charge in [-0.15, -0.1) is 12.4 Å². The average molecular weight is 480 g/mol. The fourth-order valence-corrected chi connectivity index (χ4v) is 3.73. The van der Waals surface area contributed by atoms with Gasteiger partial charge in [-0.3, -0.25) is 9.59 Å². The van der Waals surface area contributed by atoms with Crippen molar-refractivity contribution in [3.05, 3.63) is 58.6 Å². The fraction of sp³-hybridized carbons (Fsp3) is 0.348. The highest BCUT2D eigenvalue weighted by Crippen LogP contribution is 2.31. The maximum atomic E-state index is 12.3. The number of ether oxygens (including phenoxy) is 1. The molecule has 9 heteroatoms. The molecule has 1 aliphatic rings. The molecule has 2 aromatic rings. The third-order valence-corrected chi connectivity index (χ3v) is 5.50. The van der Waals surface area contributed by atoms with E-state index in [4.69, 9.17) is 16.3 Å². The zero-order valence-corrected chi connectivity index (χ0v) is 19.6. The minimum atomic E-state index is -0.807. The van der Waals surface area contributed by atoms with E-state index in [9.17, 15) is 14.4 Å². The van der Waals surface area contributed by atoms with Crippen LogP contribution in [0.3, 0.4) is 0 Å². The Labute approximate surface area is 198 Å². The first-order valence-electron chi connectivity index (χ1n) is 10.3. The Morgan fingerprint density at radius 1 is 1.19 bits per heavy atom. The maximum absolute atomic E-state index is 12.3. The van der Waals surface area contributed by atoms with Crippen LogP contribution >= 0.6 is 24.0 Å². The van der Waals surface area contributed by atoms with Crippen molar-refractivity contribution >= 4 is 53.2 Å². The van der Waals surface area contributed by atoms with E-state index in [0.29, 0.717) is 30.0 Å². The summed E-state index contributed by atoms with van der Waals surface area (Å²) in [5.41, 5.74) is 3.26. The SMILES string of the molecule is CCN(CCOC(=O)[C@H](C)NC(=O)c1ccccc1Cl)c1cccc2c1CCC(=O)N2.Cl. The van der Waals surface area contributed by atoms with Crippen LogP contribution in [0.5, 0.6) is 0 Å². The Morgan fingerprint density at radius 2 is 1.94 bits per heavy atom. The molecule has 2 amide bonds. The second-order valence-corrected chi connectivity index (χ2v) is 7.68. The van der Waals surface area contributed by atoms with Crippen LogP contribution in [0, 0.1) is 0 Å². The molecule has 0 unspecified atom stereocenters. The van der Waals surface area contributed by atoms with Gasteiger partial charge in [0.25, 0.3) is 5.91 Å². The Bertz CT molecular complexity index is 983. The third kappa shape index (κ3) is 6.14. The van der Waals surface area contributed by atoms with Gasteiger partial charge in [-0.05, 0) is 50.1 Å². The van der Waals surface area contributed by atoms with E-state index in [1.54, 1.807) is 31.2 Å². The number of benzene rings is 2. The summed E-state index contributed by atoms with van der Waals surface area (Å²) in [6.45, 7) is 4.99. The molecule has 2 aromatic carbocycles. The monoisotopic (exact) mass is 479 g/mol. The number of likely N-dealkylation sites (N-methyl/N-ethyl adjacent to an activating group) is 1. The lowest BCUT2D eigenvalue weighted by Gasteiger charge is -2.29. The molecule has 0 saturated carbocycles. The number of rotatable bonds is 8. The summed E-state index contributed by atoms with van der Waals surface area (Å²) in [4.78, 5) is 38.4. The molecular weight excluding hydrogens is 453 g/mol. The Hall–Kier alpha value is -2.77. The minimum Gasteiger partial charge on any atom is -0.462 e. The number of amides is 2. The van der Waals surface area contributed by atoms with Gasteiger partial charge in [0.05, 0.1) is 17.1 Å². The standard InChI is InChI=1S/C23H26ClN3O4.ClH/c1-3-27(20-10-6-9-19-17(20)11-12-21(28)26-19)13-14-31-23(30)15(2)25-22(29)16-7-4-5-8-18(16)24;/h4-10,15H,3,11-14H2,1-2H3,(H,25,29)(H,26,28);1H/t15-;/m0./s1. The maximum Gasteiger partial charge on any atom is 0.328 e. The van der Waals surface area contributed by atoms with Crippen molar-refractivity contribution in [1.29, 1.82) is 0 Å². The average Bonchev–Trinajstić information content (AvgIpc) is 2.76. The highest BCUT2D eigenvalue weighted by atomic mass is 35.5. The van der Waals surface area contributed by atoms with Crippen molar-refractivity contribution in [2.24, 2.45) is 0 Å². The van der Waals surface area contributed by atoms with E-state index in [2.05, 4.69) is 15.5 Å². The van der Waals surface area contributed by atoms with Crippen LogP contribution in [-0.2, 0) is 20.7 Å². The molecular formula is C23H27Cl2N3O4. The van der Waals surface area contributed by atoms with E-state index in [0.717, 1.165) is 23.5 Å². The highest BCUT2D eigenvalue weighted by Gasteiger charge is 2.22. The molecule has 32 heavy (non-hydrogen) atoms. The molecule has 3 rings (SSSR count). The zero-order valence-electron chi connectivity index (χ0n) is 18.0. The number of anilines is 2. The van der Waals surface area contributed by atoms with Crippen molar-refractivity contribution in [3.63, 3.8) is 0 Å². The predicted molar refractivity (Wildman–Crippen MR) is 128 cm³/mol. The Morgan fingerprint density at radius 3 is 2.66 bits per heavy atom. The summed E-state index contributed by atoms with van der Waals surface area (Å²) >= 11 is 6.03. The third-order valence-electron chi connectivity index (χ3n) is 5.18. The van der Waals surface area contributed by atoms with Gasteiger partial charge in [0.2, 0.25) is 5.91 Å². The molecule has 0 spiro atoms. The molecule has 1 aliphatic heterocycles. The molecule has 7 nitrogen and oxygen atoms in total. The normalized spacial score (nSPS) is 13.2. The molecule has 0 radical (unpaired) electrons. The topological polar surface area (TPSA) is 87.7 Å². The van der Waals surface area contributed by atoms with Gasteiger partial charge in [-0.25, -0.2) is 4.79 Å². The largest absolute Gasteiger partial charge is 0.462 e. The number of hydrogen-bond donors (Lipinski definition) is 2. The molecule has 0 bridgehead atoms. The van der Waals surface area contributed by atoms with Crippen LogP contribution < -0.4 is 15.5 Å². The number of nitrogens with one attached hydrogen (secondary N) is 2. The van der Waals surface area contributed by atoms with Gasteiger partial charge in [-0.2, -0.15) is 0 Å². The summed E-state index contributed by atoms with van der Waals surface area (Å²) in [6.07, 6.45) is 1.14. The van der Waals surface area contributed by atoms with Crippen molar-refractivity contribution in [2.45, 2.75) is 32.7 Å². The van der Waals surface area contributed by atoms with Crippen LogP contribution in [-0.4, -0.2) is 43.5 Å². The van der Waals surface area contributed by atoms with Crippen molar-refractivity contribution in [1.82, 2.24) is 5.32 Å². The lowest BCUT2D eigenvalue weighted by Crippen LogP contribution is -2.40. The van der Waals surface area contributed by atoms with E-state index >= 15 is 0 Å². The second-order valence-electron chi connectivity index (χ2n) is 7.27. The smallest absolute Gasteiger partial charge is 0.328 e. The molecule has 0 fully saturated rings. The molecule has 0 aliphatic carbocycles. The first kappa shape index (κ1) is 25.5. The van der Waals surface area contributed by atoms with Gasteiger partial charge in [0.1, 0.15) is 12.6 Å². The predicted octanol–water partition coefficient (Wildman–Crippen LogP) is 3.83. The summed E-state index contributed by atoms with van der Waals surface area (Å²) in [5, 5.41) is 5.84. The second kappa shape index (κ2) is 11.7. The minimum absolute atomic E-state index is 0. The van der Waals surface area contributed by atoms with Gasteiger partial charge in [0, 0.05) is 24.3 Å². The van der Waals surface area contributed by atoms with Crippen LogP contribution in [0.1, 0.15) is 36.2 Å². The van der Waals surface area contributed by atoms with Crippen LogP contribution in [0.15, 0.2) is 42.5 Å². The van der Waals surface area contributed by atoms with Gasteiger partial charge in [-0.1, -0.05) is 29.8 Å². The number of halogens is 2. The number of hydrogen-bond acceptors (Lipinski definition) is 5. The van der Waals surface area contributed by atoms with E-state index in [1.165, 1.54) is 0 Å². The molecule has 0 saturated heterocycles. The first-order chi connectivity index (χ1) is 14.9. The van der Waals surface area contributed by atoms with Gasteiger partial charge in [0.15, 0.2) is 0 Å². The fourth-order valence-electron chi connectivity index (χ4n) is 3.51. The van der Waals surface area contributed by atoms with E-state index in [-0.39, 0.29) is 24.9 Å². The van der Waals surface area contributed by atoms with Crippen LogP contribution in [0.4, 0.5) is 11.4 Å². The van der Waals surface area contributed by atoms with Crippen molar-refractivity contribution in [3.8, 4) is 0 Å². The van der Waals surface area contributed by atoms with Gasteiger partial charge >= 0.3 is 5.97 Å². The van der Waals surface area contributed by atoms with Crippen molar-refractivity contribution < 1.29 is 19.1 Å². The number of carbonyl (C=O) groups is 3.